The Morgan fingerprint density at radius 2 is 1.96 bits per heavy atom. The van der Waals surface area contributed by atoms with Crippen molar-refractivity contribution in [3.8, 4) is 5.75 Å². The second-order valence-electron chi connectivity index (χ2n) is 5.17. The lowest BCUT2D eigenvalue weighted by Crippen LogP contribution is -2.14. The molecule has 140 valence electrons. The van der Waals surface area contributed by atoms with Crippen LogP contribution < -0.4 is 10.1 Å². The Bertz CT molecular complexity index is 937. The average molecular weight is 534 g/mol. The van der Waals surface area contributed by atoms with Crippen molar-refractivity contribution in [3.63, 3.8) is 0 Å². The molecule has 0 unspecified atom stereocenters. The van der Waals surface area contributed by atoms with E-state index in [1.807, 2.05) is 18.2 Å². The van der Waals surface area contributed by atoms with Crippen LogP contribution in [0.5, 0.6) is 5.75 Å². The molecule has 0 aliphatic heterocycles. The first-order valence-electron chi connectivity index (χ1n) is 7.58. The summed E-state index contributed by atoms with van der Waals surface area (Å²) in [4.78, 5) is 12.1. The number of hydrogen-bond acceptors (Lipinski definition) is 6. The van der Waals surface area contributed by atoms with Gasteiger partial charge in [-0.25, -0.2) is 0 Å². The number of carbonyl (C=O) groups excluding carboxylic acids is 1. The lowest BCUT2D eigenvalue weighted by molar-refractivity contribution is -0.113. The summed E-state index contributed by atoms with van der Waals surface area (Å²) in [6, 6.07) is 12.5. The van der Waals surface area contributed by atoms with Gasteiger partial charge in [0.1, 0.15) is 5.75 Å². The molecule has 0 aliphatic rings. The van der Waals surface area contributed by atoms with Crippen molar-refractivity contribution in [2.45, 2.75) is 11.8 Å². The predicted octanol–water partition coefficient (Wildman–Crippen LogP) is 5.56. The van der Waals surface area contributed by atoms with Crippen LogP contribution in [-0.4, -0.2) is 21.9 Å². The van der Waals surface area contributed by atoms with E-state index < -0.39 is 0 Å². The highest BCUT2D eigenvalue weighted by molar-refractivity contribution is 9.11. The molecular weight excluding hydrogens is 522 g/mol. The van der Waals surface area contributed by atoms with Gasteiger partial charge in [0.25, 0.3) is 11.1 Å². The molecule has 1 aromatic heterocycles. The third-order valence-electron chi connectivity index (χ3n) is 3.15. The third-order valence-corrected chi connectivity index (χ3v) is 5.41. The molecule has 0 radical (unpaired) electrons. The number of amides is 1. The summed E-state index contributed by atoms with van der Waals surface area (Å²) < 4.78 is 12.7. The number of rotatable bonds is 7. The summed E-state index contributed by atoms with van der Waals surface area (Å²) in [5, 5.41) is 11.6. The molecule has 0 fully saturated rings. The van der Waals surface area contributed by atoms with Crippen LogP contribution in [0.4, 0.5) is 5.69 Å². The van der Waals surface area contributed by atoms with Crippen molar-refractivity contribution in [1.82, 2.24) is 10.2 Å². The van der Waals surface area contributed by atoms with Gasteiger partial charge in [-0.05, 0) is 58.4 Å². The highest BCUT2D eigenvalue weighted by atomic mass is 79.9. The van der Waals surface area contributed by atoms with E-state index in [1.165, 1.54) is 0 Å². The second kappa shape index (κ2) is 9.59. The van der Waals surface area contributed by atoms with Crippen LogP contribution in [0, 0.1) is 0 Å². The SMILES string of the molecule is O=C(CSc1nnc(COc2ccc(Cl)cc2)o1)Nc1cc(Br)ccc1Br. The van der Waals surface area contributed by atoms with Crippen LogP contribution in [0.3, 0.4) is 0 Å². The number of thioether (sulfide) groups is 1. The third kappa shape index (κ3) is 6.24. The van der Waals surface area contributed by atoms with Crippen LogP contribution in [0.2, 0.25) is 5.02 Å². The topological polar surface area (TPSA) is 77.2 Å². The van der Waals surface area contributed by atoms with Crippen LogP contribution in [0.25, 0.3) is 0 Å². The van der Waals surface area contributed by atoms with Crippen molar-refractivity contribution in [1.29, 1.82) is 0 Å². The Hall–Kier alpha value is -1.55. The first kappa shape index (κ1) is 20.2. The standard InChI is InChI=1S/C17H12Br2ClN3O3S/c18-10-1-6-13(19)14(7-10)21-15(24)9-27-17-23-22-16(26-17)8-25-12-4-2-11(20)3-5-12/h1-7H,8-9H2,(H,21,24). The molecule has 1 heterocycles. The van der Waals surface area contributed by atoms with Gasteiger partial charge in [-0.3, -0.25) is 4.79 Å². The zero-order valence-electron chi connectivity index (χ0n) is 13.6. The van der Waals surface area contributed by atoms with E-state index in [4.69, 9.17) is 20.8 Å². The maximum absolute atomic E-state index is 12.1. The minimum absolute atomic E-state index is 0.131. The zero-order chi connectivity index (χ0) is 19.2. The zero-order valence-corrected chi connectivity index (χ0v) is 18.4. The molecule has 0 atom stereocenters. The molecular formula is C17H12Br2ClN3O3S. The fraction of sp³-hybridized carbons (Fsp3) is 0.118. The highest BCUT2D eigenvalue weighted by Gasteiger charge is 2.12. The monoisotopic (exact) mass is 531 g/mol. The number of carbonyl (C=O) groups is 1. The minimum Gasteiger partial charge on any atom is -0.484 e. The van der Waals surface area contributed by atoms with Crippen molar-refractivity contribution < 1.29 is 13.9 Å². The number of anilines is 1. The molecule has 0 saturated carbocycles. The second-order valence-corrected chi connectivity index (χ2v) is 8.30. The lowest BCUT2D eigenvalue weighted by Gasteiger charge is -2.07. The van der Waals surface area contributed by atoms with Gasteiger partial charge in [-0.1, -0.05) is 39.3 Å². The van der Waals surface area contributed by atoms with Gasteiger partial charge >= 0.3 is 0 Å². The molecule has 1 N–H and O–H groups in total. The summed E-state index contributed by atoms with van der Waals surface area (Å²) >= 11 is 13.7. The Morgan fingerprint density at radius 3 is 2.74 bits per heavy atom. The summed E-state index contributed by atoms with van der Waals surface area (Å²) in [5.41, 5.74) is 0.678. The number of aromatic nitrogens is 2. The van der Waals surface area contributed by atoms with E-state index in [-0.39, 0.29) is 18.3 Å². The molecule has 0 spiro atoms. The number of nitrogens with one attached hydrogen (secondary N) is 1. The van der Waals surface area contributed by atoms with Crippen LogP contribution in [0.15, 0.2) is 61.0 Å². The van der Waals surface area contributed by atoms with Crippen molar-refractivity contribution in [2.24, 2.45) is 0 Å². The first-order chi connectivity index (χ1) is 13.0. The van der Waals surface area contributed by atoms with Crippen molar-refractivity contribution in [3.05, 3.63) is 62.3 Å². The molecule has 27 heavy (non-hydrogen) atoms. The van der Waals surface area contributed by atoms with Gasteiger partial charge in [0.2, 0.25) is 5.91 Å². The van der Waals surface area contributed by atoms with Gasteiger partial charge in [0.15, 0.2) is 6.61 Å². The van der Waals surface area contributed by atoms with Crippen LogP contribution in [0.1, 0.15) is 5.89 Å². The van der Waals surface area contributed by atoms with Gasteiger partial charge < -0.3 is 14.5 Å². The summed E-state index contributed by atoms with van der Waals surface area (Å²) in [6.07, 6.45) is 0. The quantitative estimate of drug-likeness (QED) is 0.401. The van der Waals surface area contributed by atoms with Crippen LogP contribution in [-0.2, 0) is 11.4 Å². The maximum Gasteiger partial charge on any atom is 0.277 e. The van der Waals surface area contributed by atoms with Crippen LogP contribution >= 0.6 is 55.2 Å². The summed E-state index contributed by atoms with van der Waals surface area (Å²) in [7, 11) is 0. The molecule has 0 aliphatic carbocycles. The van der Waals surface area contributed by atoms with Crippen molar-refractivity contribution in [2.75, 3.05) is 11.1 Å². The first-order valence-corrected chi connectivity index (χ1v) is 10.5. The fourth-order valence-electron chi connectivity index (χ4n) is 1.94. The number of ether oxygens (including phenoxy) is 1. The normalized spacial score (nSPS) is 10.6. The molecule has 2 aromatic carbocycles. The van der Waals surface area contributed by atoms with E-state index in [0.29, 0.717) is 27.6 Å². The molecule has 3 rings (SSSR count). The van der Waals surface area contributed by atoms with Gasteiger partial charge in [-0.2, -0.15) is 0 Å². The molecule has 1 amide bonds. The summed E-state index contributed by atoms with van der Waals surface area (Å²) in [5.74, 6) is 0.919. The highest BCUT2D eigenvalue weighted by Crippen LogP contribution is 2.26. The Balaban J connectivity index is 1.48. The van der Waals surface area contributed by atoms with Gasteiger partial charge in [0, 0.05) is 14.0 Å². The van der Waals surface area contributed by atoms with E-state index in [1.54, 1.807) is 24.3 Å². The molecule has 10 heteroatoms. The lowest BCUT2D eigenvalue weighted by atomic mass is 10.3. The Kier molecular flexibility index (Phi) is 7.17. The smallest absolute Gasteiger partial charge is 0.277 e. The van der Waals surface area contributed by atoms with Gasteiger partial charge in [0.05, 0.1) is 11.4 Å². The van der Waals surface area contributed by atoms with E-state index in [9.17, 15) is 4.79 Å². The van der Waals surface area contributed by atoms with Crippen molar-refractivity contribution >= 4 is 66.8 Å². The Morgan fingerprint density at radius 1 is 1.19 bits per heavy atom. The summed E-state index contributed by atoms with van der Waals surface area (Å²) in [6.45, 7) is 0.131. The molecule has 6 nitrogen and oxygen atoms in total. The van der Waals surface area contributed by atoms with Gasteiger partial charge in [-0.15, -0.1) is 10.2 Å². The average Bonchev–Trinajstić information content (AvgIpc) is 3.10. The predicted molar refractivity (Wildman–Crippen MR) is 111 cm³/mol. The van der Waals surface area contributed by atoms with E-state index in [0.717, 1.165) is 20.7 Å². The fourth-order valence-corrected chi connectivity index (χ4v) is 3.35. The molecule has 3 aromatic rings. The van der Waals surface area contributed by atoms with E-state index in [2.05, 4.69) is 47.4 Å². The number of hydrogen-bond donors (Lipinski definition) is 1. The molecule has 0 bridgehead atoms. The number of nitrogens with zero attached hydrogens (tertiary/aromatic N) is 2. The maximum atomic E-state index is 12.1. The number of benzene rings is 2. The Labute approximate surface area is 181 Å². The largest absolute Gasteiger partial charge is 0.484 e. The van der Waals surface area contributed by atoms with E-state index >= 15 is 0 Å². The minimum atomic E-state index is -0.184. The molecule has 0 saturated heterocycles. The number of halogens is 3.